The Kier molecular flexibility index (Phi) is 3.24. The lowest BCUT2D eigenvalue weighted by Gasteiger charge is -2.31. The van der Waals surface area contributed by atoms with Gasteiger partial charge in [-0.15, -0.1) is 11.8 Å². The SMILES string of the molecule is CN(Cc1ncc[nH]1)C(=O)C1CSC2(C)CCC(=O)N12. The van der Waals surface area contributed by atoms with Crippen molar-refractivity contribution < 1.29 is 9.59 Å². The predicted octanol–water partition coefficient (Wildman–Crippen LogP) is 0.822. The zero-order valence-electron chi connectivity index (χ0n) is 11.6. The average Bonchev–Trinajstić information content (AvgIpc) is 3.08. The van der Waals surface area contributed by atoms with Gasteiger partial charge >= 0.3 is 0 Å². The third-order valence-corrected chi connectivity index (χ3v) is 5.55. The van der Waals surface area contributed by atoms with Gasteiger partial charge in [-0.2, -0.15) is 0 Å². The molecule has 2 fully saturated rings. The largest absolute Gasteiger partial charge is 0.347 e. The number of thioether (sulfide) groups is 1. The van der Waals surface area contributed by atoms with E-state index in [4.69, 9.17) is 0 Å². The molecule has 1 aromatic rings. The summed E-state index contributed by atoms with van der Waals surface area (Å²) >= 11 is 1.71. The number of nitrogens with zero attached hydrogens (tertiary/aromatic N) is 3. The number of fused-ring (bicyclic) bond motifs is 1. The van der Waals surface area contributed by atoms with Gasteiger partial charge in [0.05, 0.1) is 11.4 Å². The Morgan fingerprint density at radius 3 is 3.20 bits per heavy atom. The summed E-state index contributed by atoms with van der Waals surface area (Å²) in [5.41, 5.74) is 0. The molecule has 2 aliphatic rings. The molecular weight excluding hydrogens is 276 g/mol. The fraction of sp³-hybridized carbons (Fsp3) is 0.615. The normalized spacial score (nSPS) is 28.8. The summed E-state index contributed by atoms with van der Waals surface area (Å²) in [6.45, 7) is 2.49. The van der Waals surface area contributed by atoms with E-state index in [1.807, 2.05) is 0 Å². The molecule has 0 bridgehead atoms. The van der Waals surface area contributed by atoms with E-state index in [9.17, 15) is 9.59 Å². The lowest BCUT2D eigenvalue weighted by Crippen LogP contribution is -2.50. The summed E-state index contributed by atoms with van der Waals surface area (Å²) in [5.74, 6) is 1.53. The Morgan fingerprint density at radius 2 is 2.50 bits per heavy atom. The number of carbonyl (C=O) groups excluding carboxylic acids is 2. The molecule has 20 heavy (non-hydrogen) atoms. The quantitative estimate of drug-likeness (QED) is 0.896. The molecule has 1 aromatic heterocycles. The lowest BCUT2D eigenvalue weighted by molar-refractivity contribution is -0.143. The van der Waals surface area contributed by atoms with Gasteiger partial charge in [0, 0.05) is 31.6 Å². The standard InChI is InChI=1S/C13H18N4O2S/c1-13-4-3-11(18)17(13)9(8-20-13)12(19)16(2)7-10-14-5-6-15-10/h5-6,9H,3-4,7-8H2,1-2H3,(H,14,15). The van der Waals surface area contributed by atoms with E-state index in [1.165, 1.54) is 0 Å². The first kappa shape index (κ1) is 13.5. The second-order valence-electron chi connectivity index (χ2n) is 5.50. The van der Waals surface area contributed by atoms with E-state index >= 15 is 0 Å². The highest BCUT2D eigenvalue weighted by Gasteiger charge is 2.53. The summed E-state index contributed by atoms with van der Waals surface area (Å²) in [5, 5.41) is 0. The Morgan fingerprint density at radius 1 is 1.70 bits per heavy atom. The molecule has 0 aromatic carbocycles. The molecule has 0 aliphatic carbocycles. The van der Waals surface area contributed by atoms with Crippen molar-refractivity contribution in [3.63, 3.8) is 0 Å². The van der Waals surface area contributed by atoms with E-state index in [1.54, 1.807) is 41.0 Å². The van der Waals surface area contributed by atoms with Crippen LogP contribution in [0.15, 0.2) is 12.4 Å². The Hall–Kier alpha value is -1.50. The number of likely N-dealkylation sites (N-methyl/N-ethyl adjacent to an activating group) is 1. The number of H-pyrrole nitrogens is 1. The van der Waals surface area contributed by atoms with Crippen molar-refractivity contribution in [2.45, 2.75) is 37.2 Å². The molecule has 0 saturated carbocycles. The first-order chi connectivity index (χ1) is 9.51. The zero-order valence-corrected chi connectivity index (χ0v) is 12.4. The number of imidazole rings is 1. The van der Waals surface area contributed by atoms with Crippen LogP contribution in [0.1, 0.15) is 25.6 Å². The Bertz CT molecular complexity index is 532. The zero-order chi connectivity index (χ0) is 14.3. The molecule has 2 aliphatic heterocycles. The first-order valence-corrected chi connectivity index (χ1v) is 7.69. The van der Waals surface area contributed by atoms with Crippen molar-refractivity contribution in [2.75, 3.05) is 12.8 Å². The van der Waals surface area contributed by atoms with Crippen molar-refractivity contribution in [1.29, 1.82) is 0 Å². The maximum Gasteiger partial charge on any atom is 0.246 e. The third kappa shape index (κ3) is 2.09. The number of hydrogen-bond donors (Lipinski definition) is 1. The van der Waals surface area contributed by atoms with Crippen molar-refractivity contribution in [1.82, 2.24) is 19.8 Å². The number of amides is 2. The minimum atomic E-state index is -0.333. The monoisotopic (exact) mass is 294 g/mol. The average molecular weight is 294 g/mol. The van der Waals surface area contributed by atoms with Gasteiger partial charge in [0.15, 0.2) is 0 Å². The third-order valence-electron chi connectivity index (χ3n) is 4.05. The van der Waals surface area contributed by atoms with E-state index in [0.29, 0.717) is 18.7 Å². The molecule has 7 heteroatoms. The second-order valence-corrected chi connectivity index (χ2v) is 7.00. The first-order valence-electron chi connectivity index (χ1n) is 6.70. The van der Waals surface area contributed by atoms with E-state index in [0.717, 1.165) is 12.2 Å². The van der Waals surface area contributed by atoms with Crippen LogP contribution in [0.5, 0.6) is 0 Å². The Balaban J connectivity index is 1.72. The summed E-state index contributed by atoms with van der Waals surface area (Å²) in [6, 6.07) is -0.333. The molecule has 2 saturated heterocycles. The molecule has 2 atom stereocenters. The van der Waals surface area contributed by atoms with Gasteiger partial charge in [-0.3, -0.25) is 9.59 Å². The van der Waals surface area contributed by atoms with Crippen molar-refractivity contribution in [3.8, 4) is 0 Å². The molecule has 108 valence electrons. The molecule has 1 N–H and O–H groups in total. The predicted molar refractivity (Wildman–Crippen MR) is 75.8 cm³/mol. The van der Waals surface area contributed by atoms with Crippen LogP contribution in [-0.2, 0) is 16.1 Å². The highest BCUT2D eigenvalue weighted by molar-refractivity contribution is 8.01. The molecule has 0 spiro atoms. The highest BCUT2D eigenvalue weighted by Crippen LogP contribution is 2.47. The van der Waals surface area contributed by atoms with Crippen LogP contribution in [0.2, 0.25) is 0 Å². The van der Waals surface area contributed by atoms with Gasteiger partial charge < -0.3 is 14.8 Å². The van der Waals surface area contributed by atoms with Crippen LogP contribution in [0.3, 0.4) is 0 Å². The second kappa shape index (κ2) is 4.80. The fourth-order valence-corrected chi connectivity index (χ4v) is 4.37. The van der Waals surface area contributed by atoms with Gasteiger partial charge in [0.1, 0.15) is 11.9 Å². The van der Waals surface area contributed by atoms with Crippen LogP contribution >= 0.6 is 11.8 Å². The number of aromatic amines is 1. The number of hydrogen-bond acceptors (Lipinski definition) is 4. The van der Waals surface area contributed by atoms with Crippen LogP contribution in [0.4, 0.5) is 0 Å². The number of rotatable bonds is 3. The summed E-state index contributed by atoms with van der Waals surface area (Å²) in [7, 11) is 1.76. The maximum absolute atomic E-state index is 12.6. The van der Waals surface area contributed by atoms with E-state index in [-0.39, 0.29) is 22.7 Å². The van der Waals surface area contributed by atoms with Crippen molar-refractivity contribution in [2.24, 2.45) is 0 Å². The summed E-state index contributed by atoms with van der Waals surface area (Å²) < 4.78 is 0. The van der Waals surface area contributed by atoms with Crippen LogP contribution < -0.4 is 0 Å². The lowest BCUT2D eigenvalue weighted by atomic mass is 10.2. The van der Waals surface area contributed by atoms with Gasteiger partial charge in [-0.1, -0.05) is 0 Å². The van der Waals surface area contributed by atoms with Gasteiger partial charge in [-0.25, -0.2) is 4.98 Å². The number of nitrogens with one attached hydrogen (secondary N) is 1. The van der Waals surface area contributed by atoms with Crippen LogP contribution in [0.25, 0.3) is 0 Å². The van der Waals surface area contributed by atoms with Crippen LogP contribution in [0, 0.1) is 0 Å². The van der Waals surface area contributed by atoms with Crippen LogP contribution in [-0.4, -0.2) is 55.3 Å². The molecule has 0 radical (unpaired) electrons. The fourth-order valence-electron chi connectivity index (χ4n) is 2.94. The minimum absolute atomic E-state index is 0.00660. The van der Waals surface area contributed by atoms with Gasteiger partial charge in [0.25, 0.3) is 0 Å². The number of aromatic nitrogens is 2. The smallest absolute Gasteiger partial charge is 0.246 e. The molecule has 3 rings (SSSR count). The van der Waals surface area contributed by atoms with Gasteiger partial charge in [-0.05, 0) is 13.3 Å². The maximum atomic E-state index is 12.6. The minimum Gasteiger partial charge on any atom is -0.347 e. The van der Waals surface area contributed by atoms with Gasteiger partial charge in [0.2, 0.25) is 11.8 Å². The van der Waals surface area contributed by atoms with Crippen molar-refractivity contribution >= 4 is 23.6 Å². The molecular formula is C13H18N4O2S. The van der Waals surface area contributed by atoms with E-state index < -0.39 is 0 Å². The molecule has 3 heterocycles. The summed E-state index contributed by atoms with van der Waals surface area (Å²) in [4.78, 5) is 35.0. The van der Waals surface area contributed by atoms with Crippen molar-refractivity contribution in [3.05, 3.63) is 18.2 Å². The molecule has 6 nitrogen and oxygen atoms in total. The topological polar surface area (TPSA) is 69.3 Å². The Labute approximate surface area is 121 Å². The van der Waals surface area contributed by atoms with E-state index in [2.05, 4.69) is 16.9 Å². The molecule has 2 amide bonds. The number of carbonyl (C=O) groups is 2. The molecule has 2 unspecified atom stereocenters. The highest BCUT2D eigenvalue weighted by atomic mass is 32.2. The summed E-state index contributed by atoms with van der Waals surface area (Å²) in [6.07, 6.45) is 4.79.